The van der Waals surface area contributed by atoms with E-state index in [9.17, 15) is 9.59 Å². The molecular weight excluding hydrogens is 117 g/mol. The second-order valence-corrected chi connectivity index (χ2v) is 1.29. The largest absolute Gasteiger partial charge is 0.322 e. The molecule has 0 aliphatic rings. The molecule has 4 heteroatoms. The number of hydrogen-bond donors (Lipinski definition) is 0. The molecule has 0 saturated heterocycles. The average molecular weight is 122 g/mol. The van der Waals surface area contributed by atoms with Gasteiger partial charge in [-0.2, -0.15) is 0 Å². The molecule has 0 radical (unpaired) electrons. The molecule has 0 heterocycles. The van der Waals surface area contributed by atoms with Gasteiger partial charge < -0.3 is 0 Å². The summed E-state index contributed by atoms with van der Waals surface area (Å²) < 4.78 is 0. The number of hydrogen-bond acceptors (Lipinski definition) is 2. The number of imide groups is 1. The Morgan fingerprint density at radius 2 is 2.29 bits per heavy atom. The third kappa shape index (κ3) is 2.17. The van der Waals surface area contributed by atoms with E-state index >= 15 is 0 Å². The summed E-state index contributed by atoms with van der Waals surface area (Å²) in [5.41, 5.74) is 0. The summed E-state index contributed by atoms with van der Waals surface area (Å²) in [7, 11) is 1.28. The second-order valence-electron chi connectivity index (χ2n) is 0.969. The van der Waals surface area contributed by atoms with Gasteiger partial charge in [-0.3, -0.25) is 14.5 Å². The summed E-state index contributed by atoms with van der Waals surface area (Å²) in [6.45, 7) is 0. The highest BCUT2D eigenvalue weighted by Gasteiger charge is 1.97. The first-order chi connectivity index (χ1) is 3.18. The fraction of sp³-hybridized carbons (Fsp3) is 0.333. The molecule has 0 atom stereocenters. The smallest absolute Gasteiger partial charge is 0.278 e. The predicted molar refractivity (Wildman–Crippen MR) is 25.1 cm³/mol. The summed E-state index contributed by atoms with van der Waals surface area (Å²) in [4.78, 5) is 20.1. The molecule has 0 N–H and O–H groups in total. The minimum atomic E-state index is -0.769. The molecule has 0 saturated carbocycles. The third-order valence-corrected chi connectivity index (χ3v) is 0.702. The number of halogens is 1. The normalized spacial score (nSPS) is 7.71. The fourth-order valence-electron chi connectivity index (χ4n) is 0.0414. The Morgan fingerprint density at radius 3 is 2.29 bits per heavy atom. The van der Waals surface area contributed by atoms with Crippen molar-refractivity contribution in [3.63, 3.8) is 0 Å². The predicted octanol–water partition coefficient (Wildman–Crippen LogP) is 0.433. The number of carbonyl (C=O) groups is 2. The van der Waals surface area contributed by atoms with Crippen molar-refractivity contribution in [3.8, 4) is 0 Å². The highest BCUT2D eigenvalue weighted by atomic mass is 35.5. The molecule has 0 aromatic carbocycles. The molecule has 40 valence electrons. The lowest BCUT2D eigenvalue weighted by Gasteiger charge is -1.97. The van der Waals surface area contributed by atoms with Crippen LogP contribution in [0, 0.1) is 0 Å². The molecule has 2 amide bonds. The van der Waals surface area contributed by atoms with Crippen molar-refractivity contribution in [3.05, 3.63) is 0 Å². The maximum atomic E-state index is 9.83. The number of carbonyl (C=O) groups excluding carboxylic acids is 2. The van der Waals surface area contributed by atoms with Crippen molar-refractivity contribution >= 4 is 23.4 Å². The maximum absolute atomic E-state index is 9.83. The Morgan fingerprint density at radius 1 is 1.86 bits per heavy atom. The molecule has 3 nitrogen and oxygen atoms in total. The molecule has 0 aromatic heterocycles. The minimum Gasteiger partial charge on any atom is -0.278 e. The minimum absolute atomic E-state index is 0.343. The van der Waals surface area contributed by atoms with Gasteiger partial charge in [0.05, 0.1) is 0 Å². The van der Waals surface area contributed by atoms with E-state index < -0.39 is 5.37 Å². The van der Waals surface area contributed by atoms with Gasteiger partial charge in [-0.05, 0) is 11.6 Å². The van der Waals surface area contributed by atoms with Crippen LogP contribution in [0.4, 0.5) is 4.79 Å². The van der Waals surface area contributed by atoms with E-state index in [1.165, 1.54) is 7.05 Å². The summed E-state index contributed by atoms with van der Waals surface area (Å²) in [5.74, 6) is 0. The standard InChI is InChI=1S/C3H4ClNO2/c1-5(2-6)3(4)7/h2H,1H3. The van der Waals surface area contributed by atoms with Crippen LogP contribution in [0.25, 0.3) is 0 Å². The van der Waals surface area contributed by atoms with E-state index in [1.54, 1.807) is 0 Å². The van der Waals surface area contributed by atoms with Gasteiger partial charge in [-0.15, -0.1) is 0 Å². The van der Waals surface area contributed by atoms with Crippen LogP contribution in [-0.2, 0) is 4.79 Å². The van der Waals surface area contributed by atoms with Crippen LogP contribution in [0.15, 0.2) is 0 Å². The van der Waals surface area contributed by atoms with Gasteiger partial charge in [0.1, 0.15) is 0 Å². The van der Waals surface area contributed by atoms with Crippen LogP contribution in [-0.4, -0.2) is 23.7 Å². The van der Waals surface area contributed by atoms with E-state index in [2.05, 4.69) is 0 Å². The molecule has 0 aliphatic heterocycles. The van der Waals surface area contributed by atoms with Gasteiger partial charge in [0, 0.05) is 7.05 Å². The van der Waals surface area contributed by atoms with Gasteiger partial charge in [0.15, 0.2) is 0 Å². The molecule has 0 rings (SSSR count). The first-order valence-corrected chi connectivity index (χ1v) is 1.94. The van der Waals surface area contributed by atoms with E-state index in [-0.39, 0.29) is 0 Å². The van der Waals surface area contributed by atoms with Gasteiger partial charge in [0.2, 0.25) is 6.41 Å². The SMILES string of the molecule is CN(C=O)C(=O)Cl. The van der Waals surface area contributed by atoms with E-state index in [1.807, 2.05) is 0 Å². The van der Waals surface area contributed by atoms with Crippen molar-refractivity contribution in [2.24, 2.45) is 0 Å². The number of amides is 2. The Hall–Kier alpha value is -0.570. The molecule has 0 aliphatic carbocycles. The molecular formula is C3H4ClNO2. The maximum Gasteiger partial charge on any atom is 0.322 e. The van der Waals surface area contributed by atoms with Crippen LogP contribution in [0.5, 0.6) is 0 Å². The fourth-order valence-corrected chi connectivity index (χ4v) is 0.0813. The average Bonchev–Trinajstić information content (AvgIpc) is 1.65. The third-order valence-electron chi connectivity index (χ3n) is 0.435. The first kappa shape index (κ1) is 6.43. The second kappa shape index (κ2) is 2.58. The summed E-state index contributed by atoms with van der Waals surface area (Å²) in [6, 6.07) is 0. The lowest BCUT2D eigenvalue weighted by Crippen LogP contribution is -2.17. The Labute approximate surface area is 45.9 Å². The summed E-state index contributed by atoms with van der Waals surface area (Å²) in [6.07, 6.45) is 0.343. The molecule has 0 fully saturated rings. The zero-order chi connectivity index (χ0) is 5.86. The lowest BCUT2D eigenvalue weighted by atomic mass is 10.9. The van der Waals surface area contributed by atoms with Crippen LogP contribution >= 0.6 is 11.6 Å². The quantitative estimate of drug-likeness (QED) is 0.287. The Kier molecular flexibility index (Phi) is 2.37. The number of rotatable bonds is 1. The number of nitrogens with zero attached hydrogens (tertiary/aromatic N) is 1. The topological polar surface area (TPSA) is 37.4 Å². The van der Waals surface area contributed by atoms with Crippen molar-refractivity contribution in [2.75, 3.05) is 7.05 Å². The van der Waals surface area contributed by atoms with E-state index in [4.69, 9.17) is 11.6 Å². The summed E-state index contributed by atoms with van der Waals surface area (Å²) in [5, 5.41) is -0.769. The molecule has 0 bridgehead atoms. The van der Waals surface area contributed by atoms with Crippen LogP contribution in [0.2, 0.25) is 0 Å². The van der Waals surface area contributed by atoms with Gasteiger partial charge in [-0.25, -0.2) is 0 Å². The molecule has 0 aromatic rings. The summed E-state index contributed by atoms with van der Waals surface area (Å²) >= 11 is 4.78. The van der Waals surface area contributed by atoms with Gasteiger partial charge in [0.25, 0.3) is 0 Å². The van der Waals surface area contributed by atoms with E-state index in [0.29, 0.717) is 6.41 Å². The molecule has 7 heavy (non-hydrogen) atoms. The monoisotopic (exact) mass is 121 g/mol. The molecule has 0 spiro atoms. The van der Waals surface area contributed by atoms with Crippen molar-refractivity contribution in [2.45, 2.75) is 0 Å². The highest BCUT2D eigenvalue weighted by Crippen LogP contribution is 1.84. The van der Waals surface area contributed by atoms with Crippen molar-refractivity contribution < 1.29 is 9.59 Å². The zero-order valence-corrected chi connectivity index (χ0v) is 4.47. The Bertz CT molecular complexity index is 92.9. The van der Waals surface area contributed by atoms with Crippen LogP contribution in [0.1, 0.15) is 0 Å². The van der Waals surface area contributed by atoms with Crippen LogP contribution in [0.3, 0.4) is 0 Å². The van der Waals surface area contributed by atoms with Crippen molar-refractivity contribution in [1.82, 2.24) is 4.90 Å². The zero-order valence-electron chi connectivity index (χ0n) is 3.72. The molecule has 0 unspecified atom stereocenters. The Balaban J connectivity index is 3.55. The first-order valence-electron chi connectivity index (χ1n) is 1.56. The van der Waals surface area contributed by atoms with E-state index in [0.717, 1.165) is 4.90 Å². The van der Waals surface area contributed by atoms with Crippen molar-refractivity contribution in [1.29, 1.82) is 0 Å². The lowest BCUT2D eigenvalue weighted by molar-refractivity contribution is -0.114. The van der Waals surface area contributed by atoms with Crippen LogP contribution < -0.4 is 0 Å². The van der Waals surface area contributed by atoms with Gasteiger partial charge in [-0.1, -0.05) is 0 Å². The van der Waals surface area contributed by atoms with Gasteiger partial charge >= 0.3 is 5.37 Å². The highest BCUT2D eigenvalue weighted by molar-refractivity contribution is 6.63.